The lowest BCUT2D eigenvalue weighted by Crippen LogP contribution is -2.25. The van der Waals surface area contributed by atoms with E-state index in [2.05, 4.69) is 22.6 Å². The molecule has 0 aliphatic carbocycles. The fourth-order valence-electron chi connectivity index (χ4n) is 1.10. The highest BCUT2D eigenvalue weighted by atomic mass is 127. The van der Waals surface area contributed by atoms with Gasteiger partial charge in [-0.25, -0.2) is 0 Å². The average Bonchev–Trinajstić information content (AvgIpc) is 2.15. The van der Waals surface area contributed by atoms with Crippen LogP contribution >= 0.6 is 22.6 Å². The molecule has 0 spiro atoms. The van der Waals surface area contributed by atoms with E-state index in [-0.39, 0.29) is 6.61 Å². The molecule has 0 saturated carbocycles. The lowest BCUT2D eigenvalue weighted by molar-refractivity contribution is 0.105. The van der Waals surface area contributed by atoms with Crippen molar-refractivity contribution in [1.82, 2.24) is 0 Å². The quantitative estimate of drug-likeness (QED) is 0.628. The van der Waals surface area contributed by atoms with Crippen LogP contribution in [0.1, 0.15) is 13.3 Å². The zero-order valence-electron chi connectivity index (χ0n) is 8.53. The third-order valence-electron chi connectivity index (χ3n) is 2.00. The first kappa shape index (κ1) is 12.9. The molecule has 0 heterocycles. The molecule has 15 heavy (non-hydrogen) atoms. The van der Waals surface area contributed by atoms with Crippen LogP contribution in [-0.2, 0) is 0 Å². The van der Waals surface area contributed by atoms with Gasteiger partial charge in [-0.15, -0.1) is 0 Å². The monoisotopic (exact) mass is 312 g/mol. The van der Waals surface area contributed by atoms with E-state index < -0.39 is 6.10 Å². The maximum absolute atomic E-state index is 9.35. The predicted octanol–water partition coefficient (Wildman–Crippen LogP) is 0.0285. The van der Waals surface area contributed by atoms with Crippen molar-refractivity contribution < 1.29 is 9.84 Å². The second-order valence-corrected chi connectivity index (χ2v) is 4.53. The predicted molar refractivity (Wildman–Crippen MR) is 71.7 cm³/mol. The Morgan fingerprint density at radius 2 is 1.93 bits per heavy atom. The Hall–Kier alpha value is -0.160. The first-order valence-corrected chi connectivity index (χ1v) is 5.77. The van der Waals surface area contributed by atoms with Crippen LogP contribution in [0, 0.1) is 3.57 Å². The molecule has 5 heteroatoms. The molecule has 0 aliphatic rings. The summed E-state index contributed by atoms with van der Waals surface area (Å²) in [7, 11) is 11.5. The molecule has 2 nitrogen and oxygen atoms in total. The molecule has 1 rings (SSSR count). The smallest absolute Gasteiger partial charge is 0.119 e. The highest BCUT2D eigenvalue weighted by molar-refractivity contribution is 14.1. The van der Waals surface area contributed by atoms with Gasteiger partial charge in [0.2, 0.25) is 0 Å². The molecule has 1 N–H and O–H groups in total. The molecule has 1 aromatic carbocycles. The number of ether oxygens (including phenoxy) is 1. The molecule has 1 aromatic rings. The van der Waals surface area contributed by atoms with Crippen molar-refractivity contribution >= 4 is 49.2 Å². The maximum atomic E-state index is 9.35. The summed E-state index contributed by atoms with van der Waals surface area (Å²) >= 11 is 2.13. The van der Waals surface area contributed by atoms with Crippen molar-refractivity contribution in [2.75, 3.05) is 6.61 Å². The van der Waals surface area contributed by atoms with Gasteiger partial charge in [-0.2, -0.15) is 0 Å². The summed E-state index contributed by atoms with van der Waals surface area (Å²) in [5.74, 6) is 0.461. The van der Waals surface area contributed by atoms with E-state index in [1.165, 1.54) is 0 Å². The van der Waals surface area contributed by atoms with Crippen LogP contribution < -0.4 is 15.7 Å². The van der Waals surface area contributed by atoms with Crippen molar-refractivity contribution in [1.29, 1.82) is 0 Å². The zero-order valence-corrected chi connectivity index (χ0v) is 10.7. The minimum atomic E-state index is -0.483. The fourth-order valence-corrected chi connectivity index (χ4v) is 1.77. The third kappa shape index (κ3) is 3.72. The Labute approximate surface area is 106 Å². The molecule has 4 radical (unpaired) electrons. The molecule has 0 saturated heterocycles. The SMILES string of the molecule is [B]c1cc(I)cc([B])c1OCC(O)CC. The van der Waals surface area contributed by atoms with Gasteiger partial charge in [0, 0.05) is 3.57 Å². The van der Waals surface area contributed by atoms with Crippen molar-refractivity contribution in [3.63, 3.8) is 0 Å². The highest BCUT2D eigenvalue weighted by Crippen LogP contribution is 2.08. The second-order valence-electron chi connectivity index (χ2n) is 3.29. The van der Waals surface area contributed by atoms with Gasteiger partial charge in [0.1, 0.15) is 28.0 Å². The van der Waals surface area contributed by atoms with Crippen LogP contribution in [0.15, 0.2) is 12.1 Å². The van der Waals surface area contributed by atoms with Crippen molar-refractivity contribution in [3.05, 3.63) is 15.7 Å². The van der Waals surface area contributed by atoms with Crippen LogP contribution in [0.3, 0.4) is 0 Å². The summed E-state index contributed by atoms with van der Waals surface area (Å²) in [6.45, 7) is 2.10. The lowest BCUT2D eigenvalue weighted by Gasteiger charge is -2.15. The normalized spacial score (nSPS) is 12.5. The van der Waals surface area contributed by atoms with Crippen LogP contribution in [0.2, 0.25) is 0 Å². The molecule has 1 unspecified atom stereocenters. The Morgan fingerprint density at radius 1 is 1.40 bits per heavy atom. The first-order valence-electron chi connectivity index (χ1n) is 4.70. The maximum Gasteiger partial charge on any atom is 0.119 e. The van der Waals surface area contributed by atoms with E-state index in [0.29, 0.717) is 23.1 Å². The number of aliphatic hydroxyl groups excluding tert-OH is 1. The lowest BCUT2D eigenvalue weighted by atomic mass is 9.86. The van der Waals surface area contributed by atoms with Gasteiger partial charge in [0.25, 0.3) is 0 Å². The topological polar surface area (TPSA) is 29.5 Å². The van der Waals surface area contributed by atoms with Gasteiger partial charge < -0.3 is 9.84 Å². The van der Waals surface area contributed by atoms with Crippen LogP contribution in [0.5, 0.6) is 5.75 Å². The van der Waals surface area contributed by atoms with E-state index in [1.807, 2.05) is 6.92 Å². The van der Waals surface area contributed by atoms with Gasteiger partial charge in [-0.3, -0.25) is 0 Å². The van der Waals surface area contributed by atoms with Gasteiger partial charge in [-0.05, 0) is 29.0 Å². The molecule has 0 fully saturated rings. The van der Waals surface area contributed by atoms with Crippen molar-refractivity contribution in [3.8, 4) is 5.75 Å². The molecule has 0 aliphatic heterocycles. The number of halogens is 1. The number of hydrogen-bond donors (Lipinski definition) is 1. The van der Waals surface area contributed by atoms with Gasteiger partial charge in [0.05, 0.1) is 6.10 Å². The van der Waals surface area contributed by atoms with E-state index in [4.69, 9.17) is 20.4 Å². The first-order chi connectivity index (χ1) is 7.04. The fraction of sp³-hybridized carbons (Fsp3) is 0.400. The summed E-state index contributed by atoms with van der Waals surface area (Å²) in [5, 5.41) is 9.35. The van der Waals surface area contributed by atoms with Crippen LogP contribution in [0.4, 0.5) is 0 Å². The number of hydrogen-bond acceptors (Lipinski definition) is 2. The summed E-state index contributed by atoms with van der Waals surface area (Å²) in [6, 6.07) is 3.56. The molecule has 0 amide bonds. The molecular formula is C10H11B2IO2. The second kappa shape index (κ2) is 5.80. The number of benzene rings is 1. The minimum absolute atomic E-state index is 0.214. The van der Waals surface area contributed by atoms with E-state index in [9.17, 15) is 5.11 Å². The van der Waals surface area contributed by atoms with Crippen LogP contribution in [-0.4, -0.2) is 33.5 Å². The summed E-state index contributed by atoms with van der Waals surface area (Å²) in [5.41, 5.74) is 1.01. The number of rotatable bonds is 4. The molecule has 76 valence electrons. The van der Waals surface area contributed by atoms with E-state index in [0.717, 1.165) is 3.57 Å². The largest absolute Gasteiger partial charge is 0.492 e. The Kier molecular flexibility index (Phi) is 4.99. The number of aliphatic hydroxyl groups is 1. The molecule has 0 bridgehead atoms. The molecule has 0 aromatic heterocycles. The van der Waals surface area contributed by atoms with Gasteiger partial charge in [-0.1, -0.05) is 30.0 Å². The minimum Gasteiger partial charge on any atom is -0.492 e. The third-order valence-corrected chi connectivity index (χ3v) is 2.63. The highest BCUT2D eigenvalue weighted by Gasteiger charge is 2.07. The average molecular weight is 312 g/mol. The van der Waals surface area contributed by atoms with Crippen molar-refractivity contribution in [2.45, 2.75) is 19.4 Å². The van der Waals surface area contributed by atoms with Gasteiger partial charge in [0.15, 0.2) is 0 Å². The Morgan fingerprint density at radius 3 is 2.40 bits per heavy atom. The van der Waals surface area contributed by atoms with Crippen molar-refractivity contribution in [2.24, 2.45) is 0 Å². The molecule has 1 atom stereocenters. The zero-order chi connectivity index (χ0) is 11.4. The summed E-state index contributed by atoms with van der Waals surface area (Å²) in [4.78, 5) is 0. The van der Waals surface area contributed by atoms with E-state index >= 15 is 0 Å². The van der Waals surface area contributed by atoms with E-state index in [1.54, 1.807) is 12.1 Å². The van der Waals surface area contributed by atoms with Gasteiger partial charge >= 0.3 is 0 Å². The summed E-state index contributed by atoms with van der Waals surface area (Å²) in [6.07, 6.45) is 0.160. The summed E-state index contributed by atoms with van der Waals surface area (Å²) < 4.78 is 6.34. The van der Waals surface area contributed by atoms with Crippen LogP contribution in [0.25, 0.3) is 0 Å². The molecular weight excluding hydrogens is 301 g/mol. The Balaban J connectivity index is 2.77. The Bertz CT molecular complexity index is 321. The standard InChI is InChI=1S/C10H11B2IO2/c1-2-7(14)5-15-10-8(11)3-6(13)4-9(10)12/h3-4,7,14H,2,5H2,1H3.